The maximum absolute atomic E-state index is 12.6. The Balaban J connectivity index is 1.53. The van der Waals surface area contributed by atoms with Crippen molar-refractivity contribution in [1.82, 2.24) is 29.6 Å². The van der Waals surface area contributed by atoms with Crippen LogP contribution in [0.1, 0.15) is 22.0 Å². The smallest absolute Gasteiger partial charge is 0.268 e. The first-order valence-corrected chi connectivity index (χ1v) is 9.36. The molecule has 0 saturated heterocycles. The molecule has 0 unspecified atom stereocenters. The first-order chi connectivity index (χ1) is 13.0. The summed E-state index contributed by atoms with van der Waals surface area (Å²) in [6.45, 7) is 2.42. The molecule has 0 bridgehead atoms. The Morgan fingerprint density at radius 1 is 1.30 bits per heavy atom. The Morgan fingerprint density at radius 3 is 2.93 bits per heavy atom. The van der Waals surface area contributed by atoms with Crippen LogP contribution in [-0.2, 0) is 20.6 Å². The number of fused-ring (bicyclic) bond motifs is 1. The zero-order chi connectivity index (χ0) is 19.0. The molecule has 3 heterocycles. The standard InChI is InChI=1S/C19H20N6OS/c1-12-17(27-14-4-5-15-13(8-14)10-22-23-15)9-16(25(12)3)19(26)21-11-18-20-6-7-24(18)2/h4-10H,11H2,1-3H3,(H,21,26)(H,22,23). The quantitative estimate of drug-likeness (QED) is 0.558. The number of carbonyl (C=O) groups excluding carboxylic acids is 1. The van der Waals surface area contributed by atoms with Crippen molar-refractivity contribution in [3.05, 3.63) is 60.1 Å². The number of amides is 1. The number of aromatic amines is 1. The molecule has 3 aromatic heterocycles. The van der Waals surface area contributed by atoms with Crippen molar-refractivity contribution in [3.63, 3.8) is 0 Å². The molecule has 4 rings (SSSR count). The summed E-state index contributed by atoms with van der Waals surface area (Å²) in [4.78, 5) is 19.0. The molecule has 0 spiro atoms. The van der Waals surface area contributed by atoms with Crippen molar-refractivity contribution < 1.29 is 4.79 Å². The topological polar surface area (TPSA) is 80.5 Å². The Bertz CT molecular complexity index is 1120. The van der Waals surface area contributed by atoms with Crippen LogP contribution in [0.3, 0.4) is 0 Å². The summed E-state index contributed by atoms with van der Waals surface area (Å²) in [5.74, 6) is 0.707. The number of rotatable bonds is 5. The Hall–Kier alpha value is -3.00. The average molecular weight is 380 g/mol. The van der Waals surface area contributed by atoms with Gasteiger partial charge < -0.3 is 14.5 Å². The fraction of sp³-hybridized carbons (Fsp3) is 0.211. The maximum atomic E-state index is 12.6. The highest BCUT2D eigenvalue weighted by molar-refractivity contribution is 7.99. The molecule has 0 saturated carbocycles. The van der Waals surface area contributed by atoms with Crippen LogP contribution in [0.25, 0.3) is 10.9 Å². The SMILES string of the molecule is Cc1c(Sc2ccc3[nH]ncc3c2)cc(C(=O)NCc2nccn2C)n1C. The number of aromatic nitrogens is 5. The van der Waals surface area contributed by atoms with Crippen LogP contribution in [0.15, 0.2) is 52.6 Å². The van der Waals surface area contributed by atoms with Gasteiger partial charge in [-0.1, -0.05) is 11.8 Å². The second-order valence-corrected chi connectivity index (χ2v) is 7.51. The molecule has 2 N–H and O–H groups in total. The second kappa shape index (κ2) is 6.96. The summed E-state index contributed by atoms with van der Waals surface area (Å²) in [5.41, 5.74) is 2.70. The fourth-order valence-corrected chi connectivity index (χ4v) is 3.95. The molecular weight excluding hydrogens is 360 g/mol. The Labute approximate surface area is 160 Å². The fourth-order valence-electron chi connectivity index (χ4n) is 2.92. The van der Waals surface area contributed by atoms with Crippen molar-refractivity contribution >= 4 is 28.6 Å². The van der Waals surface area contributed by atoms with E-state index < -0.39 is 0 Å². The minimum atomic E-state index is -0.110. The molecule has 8 heteroatoms. The molecular formula is C19H20N6OS. The lowest BCUT2D eigenvalue weighted by Crippen LogP contribution is -2.26. The number of nitrogens with one attached hydrogen (secondary N) is 2. The molecule has 0 atom stereocenters. The van der Waals surface area contributed by atoms with E-state index >= 15 is 0 Å². The molecule has 0 aliphatic carbocycles. The lowest BCUT2D eigenvalue weighted by Gasteiger charge is -2.07. The van der Waals surface area contributed by atoms with Crippen molar-refractivity contribution in [1.29, 1.82) is 0 Å². The van der Waals surface area contributed by atoms with Gasteiger partial charge >= 0.3 is 0 Å². The van der Waals surface area contributed by atoms with E-state index in [1.165, 1.54) is 0 Å². The zero-order valence-electron chi connectivity index (χ0n) is 15.4. The molecule has 0 radical (unpaired) electrons. The van der Waals surface area contributed by atoms with E-state index in [-0.39, 0.29) is 5.91 Å². The van der Waals surface area contributed by atoms with Crippen molar-refractivity contribution in [2.45, 2.75) is 23.3 Å². The molecule has 27 heavy (non-hydrogen) atoms. The van der Waals surface area contributed by atoms with Crippen LogP contribution < -0.4 is 5.32 Å². The van der Waals surface area contributed by atoms with Crippen LogP contribution in [0.5, 0.6) is 0 Å². The Kier molecular flexibility index (Phi) is 4.49. The summed E-state index contributed by atoms with van der Waals surface area (Å²) in [7, 11) is 3.82. The predicted octanol–water partition coefficient (Wildman–Crippen LogP) is 3.02. The highest BCUT2D eigenvalue weighted by Gasteiger charge is 2.17. The van der Waals surface area contributed by atoms with Crippen molar-refractivity contribution in [3.8, 4) is 0 Å². The lowest BCUT2D eigenvalue weighted by molar-refractivity contribution is 0.0941. The van der Waals surface area contributed by atoms with Gasteiger partial charge in [0.2, 0.25) is 0 Å². The minimum absolute atomic E-state index is 0.110. The van der Waals surface area contributed by atoms with Crippen molar-refractivity contribution in [2.75, 3.05) is 0 Å². The molecule has 4 aromatic rings. The van der Waals surface area contributed by atoms with Crippen LogP contribution in [-0.4, -0.2) is 30.2 Å². The third-order valence-corrected chi connectivity index (χ3v) is 5.81. The molecule has 0 aliphatic heterocycles. The number of hydrogen-bond donors (Lipinski definition) is 2. The number of aryl methyl sites for hydroxylation is 1. The van der Waals surface area contributed by atoms with Crippen LogP contribution in [0.4, 0.5) is 0 Å². The van der Waals surface area contributed by atoms with Gasteiger partial charge in [-0.2, -0.15) is 5.10 Å². The molecule has 1 amide bonds. The first-order valence-electron chi connectivity index (χ1n) is 8.54. The largest absolute Gasteiger partial charge is 0.344 e. The molecule has 0 fully saturated rings. The predicted molar refractivity (Wildman–Crippen MR) is 105 cm³/mol. The number of hydrogen-bond acceptors (Lipinski definition) is 4. The van der Waals surface area contributed by atoms with E-state index in [1.807, 2.05) is 54.7 Å². The van der Waals surface area contributed by atoms with Gasteiger partial charge in [-0.15, -0.1) is 0 Å². The first kappa shape index (κ1) is 17.4. The summed E-state index contributed by atoms with van der Waals surface area (Å²) in [5, 5.41) is 11.0. The average Bonchev–Trinajstić information content (AvgIpc) is 3.35. The van der Waals surface area contributed by atoms with E-state index in [0.29, 0.717) is 12.2 Å². The van der Waals surface area contributed by atoms with Crippen LogP contribution >= 0.6 is 11.8 Å². The van der Waals surface area contributed by atoms with Crippen LogP contribution in [0, 0.1) is 6.92 Å². The van der Waals surface area contributed by atoms with Gasteiger partial charge in [-0.25, -0.2) is 4.98 Å². The van der Waals surface area contributed by atoms with Gasteiger partial charge in [0.1, 0.15) is 11.5 Å². The van der Waals surface area contributed by atoms with E-state index in [2.05, 4.69) is 32.6 Å². The number of nitrogens with zero attached hydrogens (tertiary/aromatic N) is 4. The van der Waals surface area contributed by atoms with Gasteiger partial charge in [-0.3, -0.25) is 9.89 Å². The Morgan fingerprint density at radius 2 is 2.15 bits per heavy atom. The van der Waals surface area contributed by atoms with Gasteiger partial charge in [0.15, 0.2) is 0 Å². The third-order valence-electron chi connectivity index (χ3n) is 4.69. The monoisotopic (exact) mass is 380 g/mol. The van der Waals surface area contributed by atoms with Gasteiger partial charge in [-0.05, 0) is 31.2 Å². The summed E-state index contributed by atoms with van der Waals surface area (Å²) < 4.78 is 3.82. The summed E-state index contributed by atoms with van der Waals surface area (Å²) >= 11 is 1.64. The van der Waals surface area contributed by atoms with Gasteiger partial charge in [0, 0.05) is 47.4 Å². The van der Waals surface area contributed by atoms with E-state index in [9.17, 15) is 4.79 Å². The number of H-pyrrole nitrogens is 1. The molecule has 1 aromatic carbocycles. The highest BCUT2D eigenvalue weighted by Crippen LogP contribution is 2.33. The normalized spacial score (nSPS) is 11.2. The van der Waals surface area contributed by atoms with E-state index in [1.54, 1.807) is 18.0 Å². The summed E-state index contributed by atoms with van der Waals surface area (Å²) in [6.07, 6.45) is 5.40. The summed E-state index contributed by atoms with van der Waals surface area (Å²) in [6, 6.07) is 8.10. The minimum Gasteiger partial charge on any atom is -0.344 e. The number of benzene rings is 1. The van der Waals surface area contributed by atoms with Crippen LogP contribution in [0.2, 0.25) is 0 Å². The number of imidazole rings is 1. The van der Waals surface area contributed by atoms with Crippen molar-refractivity contribution in [2.24, 2.45) is 14.1 Å². The van der Waals surface area contributed by atoms with E-state index in [4.69, 9.17) is 0 Å². The zero-order valence-corrected chi connectivity index (χ0v) is 16.2. The lowest BCUT2D eigenvalue weighted by atomic mass is 10.3. The molecule has 0 aliphatic rings. The third kappa shape index (κ3) is 3.35. The number of carbonyl (C=O) groups is 1. The van der Waals surface area contributed by atoms with Gasteiger partial charge in [0.25, 0.3) is 5.91 Å². The van der Waals surface area contributed by atoms with E-state index in [0.717, 1.165) is 32.2 Å². The molecule has 138 valence electrons. The second-order valence-electron chi connectivity index (χ2n) is 6.40. The highest BCUT2D eigenvalue weighted by atomic mass is 32.2. The molecule has 7 nitrogen and oxygen atoms in total. The maximum Gasteiger partial charge on any atom is 0.268 e. The van der Waals surface area contributed by atoms with Gasteiger partial charge in [0.05, 0.1) is 18.3 Å².